The normalized spacial score (nSPS) is 13.8. The van der Waals surface area contributed by atoms with Gasteiger partial charge >= 0.3 is 0 Å². The number of nitrogens with zero attached hydrogens (tertiary/aromatic N) is 2. The van der Waals surface area contributed by atoms with Crippen molar-refractivity contribution >= 4 is 17.3 Å². The molecule has 1 heterocycles. The highest BCUT2D eigenvalue weighted by Crippen LogP contribution is 2.31. The van der Waals surface area contributed by atoms with Crippen LogP contribution in [0.3, 0.4) is 0 Å². The molecule has 18 heavy (non-hydrogen) atoms. The molecule has 2 rings (SSSR count). The van der Waals surface area contributed by atoms with Crippen LogP contribution >= 0.6 is 0 Å². The fourth-order valence-electron chi connectivity index (χ4n) is 2.11. The lowest BCUT2D eigenvalue weighted by atomic mass is 10.1. The van der Waals surface area contributed by atoms with Gasteiger partial charge in [-0.2, -0.15) is 0 Å². The Labute approximate surface area is 108 Å². The molecule has 0 unspecified atom stereocenters. The van der Waals surface area contributed by atoms with Gasteiger partial charge in [0.1, 0.15) is 0 Å². The van der Waals surface area contributed by atoms with Crippen LogP contribution in [0, 0.1) is 12.3 Å². The van der Waals surface area contributed by atoms with Gasteiger partial charge in [-0.15, -0.1) is 6.42 Å². The number of rotatable bonds is 3. The maximum atomic E-state index is 11.7. The van der Waals surface area contributed by atoms with Crippen molar-refractivity contribution in [2.45, 2.75) is 0 Å². The molecule has 0 atom stereocenters. The average molecular weight is 243 g/mol. The summed E-state index contributed by atoms with van der Waals surface area (Å²) < 4.78 is 0. The van der Waals surface area contributed by atoms with Crippen LogP contribution in [0.25, 0.3) is 0 Å². The van der Waals surface area contributed by atoms with E-state index in [1.165, 1.54) is 0 Å². The van der Waals surface area contributed by atoms with Gasteiger partial charge in [0.15, 0.2) is 0 Å². The van der Waals surface area contributed by atoms with Gasteiger partial charge in [0.05, 0.1) is 24.5 Å². The van der Waals surface area contributed by atoms with E-state index in [0.717, 1.165) is 24.5 Å². The number of benzene rings is 1. The summed E-state index contributed by atoms with van der Waals surface area (Å²) in [5.74, 6) is 2.37. The summed E-state index contributed by atoms with van der Waals surface area (Å²) in [6.07, 6.45) is 5.12. The minimum absolute atomic E-state index is 0.0349. The van der Waals surface area contributed by atoms with Crippen LogP contribution in [0.1, 0.15) is 0 Å². The molecule has 1 amide bonds. The van der Waals surface area contributed by atoms with Gasteiger partial charge in [0.25, 0.3) is 0 Å². The quantitative estimate of drug-likeness (QED) is 0.794. The van der Waals surface area contributed by atoms with Gasteiger partial charge in [0, 0.05) is 20.1 Å². The number of likely N-dealkylation sites (N-methyl/N-ethyl adjacent to an activating group) is 1. The molecule has 0 saturated heterocycles. The predicted octanol–water partition coefficient (Wildman–Crippen LogP) is 0.692. The van der Waals surface area contributed by atoms with E-state index in [1.807, 2.05) is 18.2 Å². The van der Waals surface area contributed by atoms with Crippen molar-refractivity contribution in [2.24, 2.45) is 0 Å². The molecular formula is C14H17N3O. The van der Waals surface area contributed by atoms with Crippen molar-refractivity contribution in [3.63, 3.8) is 0 Å². The van der Waals surface area contributed by atoms with Gasteiger partial charge < -0.3 is 15.1 Å². The average Bonchev–Trinajstić information content (AvgIpc) is 2.40. The summed E-state index contributed by atoms with van der Waals surface area (Å²) >= 11 is 0. The summed E-state index contributed by atoms with van der Waals surface area (Å²) in [6.45, 7) is 2.40. The second-order valence-electron chi connectivity index (χ2n) is 4.31. The third-order valence-electron chi connectivity index (χ3n) is 3.06. The van der Waals surface area contributed by atoms with E-state index in [0.29, 0.717) is 6.54 Å². The highest BCUT2D eigenvalue weighted by Gasteiger charge is 2.21. The summed E-state index contributed by atoms with van der Waals surface area (Å²) in [7, 11) is 2.06. The number of carbonyl (C=O) groups is 1. The number of carbonyl (C=O) groups excluding carboxylic acids is 1. The number of amides is 1. The van der Waals surface area contributed by atoms with Crippen molar-refractivity contribution in [1.82, 2.24) is 5.32 Å². The Kier molecular flexibility index (Phi) is 3.73. The Balaban J connectivity index is 2.10. The largest absolute Gasteiger partial charge is 0.371 e. The van der Waals surface area contributed by atoms with Crippen molar-refractivity contribution in [1.29, 1.82) is 0 Å². The van der Waals surface area contributed by atoms with E-state index >= 15 is 0 Å². The summed E-state index contributed by atoms with van der Waals surface area (Å²) in [5, 5.41) is 2.69. The van der Waals surface area contributed by atoms with Gasteiger partial charge in [-0.25, -0.2) is 0 Å². The molecule has 1 aromatic rings. The number of para-hydroxylation sites is 2. The Morgan fingerprint density at radius 2 is 2.11 bits per heavy atom. The maximum Gasteiger partial charge on any atom is 0.240 e. The van der Waals surface area contributed by atoms with E-state index in [-0.39, 0.29) is 12.5 Å². The molecule has 94 valence electrons. The molecule has 4 heteroatoms. The molecule has 0 aromatic heterocycles. The molecule has 0 saturated carbocycles. The highest BCUT2D eigenvalue weighted by molar-refractivity contribution is 5.84. The molecule has 0 aliphatic carbocycles. The number of fused-ring (bicyclic) bond motifs is 1. The van der Waals surface area contributed by atoms with E-state index in [2.05, 4.69) is 34.2 Å². The molecular weight excluding hydrogens is 226 g/mol. The Hall–Kier alpha value is -2.15. The fourth-order valence-corrected chi connectivity index (χ4v) is 2.11. The Morgan fingerprint density at radius 1 is 1.39 bits per heavy atom. The van der Waals surface area contributed by atoms with Crippen LogP contribution in [0.5, 0.6) is 0 Å². The molecule has 0 fully saturated rings. The highest BCUT2D eigenvalue weighted by atomic mass is 16.2. The first-order valence-electron chi connectivity index (χ1n) is 5.97. The van der Waals surface area contributed by atoms with E-state index in [9.17, 15) is 4.79 Å². The standard InChI is InChI=1S/C14H17N3O/c1-3-8-15-14(18)11-17-10-9-16(2)12-6-4-5-7-13(12)17/h1,4-7H,8-11H2,2H3,(H,15,18). The molecule has 4 nitrogen and oxygen atoms in total. The minimum atomic E-state index is -0.0349. The van der Waals surface area contributed by atoms with Gasteiger partial charge in [-0.3, -0.25) is 4.79 Å². The number of hydrogen-bond acceptors (Lipinski definition) is 3. The van der Waals surface area contributed by atoms with Crippen LogP contribution in [-0.4, -0.2) is 39.1 Å². The maximum absolute atomic E-state index is 11.7. The van der Waals surface area contributed by atoms with Crippen LogP contribution < -0.4 is 15.1 Å². The smallest absolute Gasteiger partial charge is 0.240 e. The molecule has 1 aliphatic rings. The van der Waals surface area contributed by atoms with Gasteiger partial charge in [-0.05, 0) is 12.1 Å². The zero-order valence-electron chi connectivity index (χ0n) is 10.5. The topological polar surface area (TPSA) is 35.6 Å². The van der Waals surface area contributed by atoms with Crippen molar-refractivity contribution in [3.05, 3.63) is 24.3 Å². The molecule has 0 radical (unpaired) electrons. The first kappa shape index (κ1) is 12.3. The van der Waals surface area contributed by atoms with Crippen molar-refractivity contribution < 1.29 is 4.79 Å². The molecule has 1 aromatic carbocycles. The minimum Gasteiger partial charge on any atom is -0.371 e. The third kappa shape index (κ3) is 2.57. The zero-order chi connectivity index (χ0) is 13.0. The van der Waals surface area contributed by atoms with Crippen LogP contribution in [0.2, 0.25) is 0 Å². The second kappa shape index (κ2) is 5.46. The molecule has 1 aliphatic heterocycles. The first-order chi connectivity index (χ1) is 8.72. The van der Waals surface area contributed by atoms with Crippen molar-refractivity contribution in [2.75, 3.05) is 43.0 Å². The van der Waals surface area contributed by atoms with Crippen LogP contribution in [0.15, 0.2) is 24.3 Å². The van der Waals surface area contributed by atoms with Gasteiger partial charge in [0.2, 0.25) is 5.91 Å². The summed E-state index contributed by atoms with van der Waals surface area (Å²) in [5.41, 5.74) is 2.26. The SMILES string of the molecule is C#CCNC(=O)CN1CCN(C)c2ccccc21. The first-order valence-corrected chi connectivity index (χ1v) is 5.97. The monoisotopic (exact) mass is 243 g/mol. The van der Waals surface area contributed by atoms with Crippen LogP contribution in [0.4, 0.5) is 11.4 Å². The van der Waals surface area contributed by atoms with Gasteiger partial charge in [-0.1, -0.05) is 18.1 Å². The molecule has 1 N–H and O–H groups in total. The van der Waals surface area contributed by atoms with E-state index in [1.54, 1.807) is 0 Å². The predicted molar refractivity (Wildman–Crippen MR) is 73.8 cm³/mol. The second-order valence-corrected chi connectivity index (χ2v) is 4.31. The number of nitrogens with one attached hydrogen (secondary N) is 1. The summed E-state index contributed by atoms with van der Waals surface area (Å²) in [4.78, 5) is 16.0. The van der Waals surface area contributed by atoms with Crippen LogP contribution in [-0.2, 0) is 4.79 Å². The fraction of sp³-hybridized carbons (Fsp3) is 0.357. The third-order valence-corrected chi connectivity index (χ3v) is 3.06. The lowest BCUT2D eigenvalue weighted by Gasteiger charge is -2.36. The Morgan fingerprint density at radius 3 is 2.83 bits per heavy atom. The van der Waals surface area contributed by atoms with E-state index in [4.69, 9.17) is 6.42 Å². The molecule has 0 bridgehead atoms. The van der Waals surface area contributed by atoms with E-state index < -0.39 is 0 Å². The lowest BCUT2D eigenvalue weighted by Crippen LogP contribution is -2.44. The molecule has 0 spiro atoms. The van der Waals surface area contributed by atoms with Crippen molar-refractivity contribution in [3.8, 4) is 12.3 Å². The zero-order valence-corrected chi connectivity index (χ0v) is 10.5. The number of terminal acetylenes is 1. The number of anilines is 2. The number of hydrogen-bond donors (Lipinski definition) is 1. The summed E-state index contributed by atoms with van der Waals surface area (Å²) in [6, 6.07) is 8.11. The Bertz CT molecular complexity index is 478. The lowest BCUT2D eigenvalue weighted by molar-refractivity contribution is -0.119.